The molecular formula is C22H24F3N3O3. The maximum absolute atomic E-state index is 15.9. The lowest BCUT2D eigenvalue weighted by Gasteiger charge is -2.34. The number of hydrogen-bond acceptors (Lipinski definition) is 4. The van der Waals surface area contributed by atoms with E-state index in [4.69, 9.17) is 11.5 Å². The summed E-state index contributed by atoms with van der Waals surface area (Å²) in [6, 6.07) is -0.282. The Morgan fingerprint density at radius 3 is 2.42 bits per heavy atom. The molecular weight excluding hydrogens is 411 g/mol. The third-order valence-electron chi connectivity index (χ3n) is 7.67. The first kappa shape index (κ1) is 20.5. The van der Waals surface area contributed by atoms with Crippen LogP contribution in [0.3, 0.4) is 0 Å². The monoisotopic (exact) mass is 435 g/mol. The van der Waals surface area contributed by atoms with Crippen LogP contribution < -0.4 is 16.9 Å². The molecule has 3 aliphatic rings. The predicted octanol–water partition coefficient (Wildman–Crippen LogP) is 3.01. The number of benzene rings is 1. The number of nitrogens with zero attached hydrogens (tertiary/aromatic N) is 1. The first-order valence-corrected chi connectivity index (χ1v) is 10.6. The number of aromatic nitrogens is 1. The van der Waals surface area contributed by atoms with E-state index in [1.807, 2.05) is 0 Å². The maximum atomic E-state index is 15.9. The Labute approximate surface area is 176 Å². The Morgan fingerprint density at radius 1 is 1.16 bits per heavy atom. The first-order valence-electron chi connectivity index (χ1n) is 10.6. The molecule has 0 amide bonds. The van der Waals surface area contributed by atoms with E-state index >= 15 is 13.2 Å². The van der Waals surface area contributed by atoms with Gasteiger partial charge in [-0.15, -0.1) is 0 Å². The van der Waals surface area contributed by atoms with E-state index in [-0.39, 0.29) is 29.4 Å². The zero-order valence-corrected chi connectivity index (χ0v) is 17.0. The average Bonchev–Trinajstić information content (AvgIpc) is 3.42. The SMILES string of the molecule is CC1(N)C(c2c(F)c(F)c3c(=O)c(C(=O)O)cn(C4CC4)c3c2F)CC2CC(N)CC21. The Balaban J connectivity index is 1.79. The lowest BCUT2D eigenvalue weighted by atomic mass is 9.77. The molecule has 3 saturated carbocycles. The number of hydrogen-bond donors (Lipinski definition) is 3. The fourth-order valence-electron chi connectivity index (χ4n) is 6.05. The molecule has 5 rings (SSSR count). The van der Waals surface area contributed by atoms with Gasteiger partial charge >= 0.3 is 5.97 Å². The van der Waals surface area contributed by atoms with Crippen molar-refractivity contribution in [2.45, 2.75) is 62.6 Å². The van der Waals surface area contributed by atoms with Crippen molar-refractivity contribution in [2.75, 3.05) is 0 Å². The van der Waals surface area contributed by atoms with E-state index in [1.54, 1.807) is 6.92 Å². The van der Waals surface area contributed by atoms with E-state index in [0.29, 0.717) is 32.1 Å². The highest BCUT2D eigenvalue weighted by molar-refractivity contribution is 5.93. The maximum Gasteiger partial charge on any atom is 0.341 e. The van der Waals surface area contributed by atoms with Gasteiger partial charge in [0.05, 0.1) is 10.9 Å². The first-order chi connectivity index (χ1) is 14.5. The van der Waals surface area contributed by atoms with E-state index in [9.17, 15) is 14.7 Å². The van der Waals surface area contributed by atoms with Crippen LogP contribution in [-0.2, 0) is 0 Å². The summed E-state index contributed by atoms with van der Waals surface area (Å²) in [5.41, 5.74) is 8.87. The van der Waals surface area contributed by atoms with Crippen molar-refractivity contribution in [3.8, 4) is 0 Å². The smallest absolute Gasteiger partial charge is 0.341 e. The summed E-state index contributed by atoms with van der Waals surface area (Å²) >= 11 is 0. The van der Waals surface area contributed by atoms with Gasteiger partial charge in [0.25, 0.3) is 0 Å². The topological polar surface area (TPSA) is 111 Å². The van der Waals surface area contributed by atoms with Crippen LogP contribution in [-0.4, -0.2) is 27.2 Å². The van der Waals surface area contributed by atoms with Gasteiger partial charge in [-0.25, -0.2) is 18.0 Å². The summed E-state index contributed by atoms with van der Waals surface area (Å²) in [5.74, 6) is -6.30. The van der Waals surface area contributed by atoms with E-state index in [0.717, 1.165) is 6.20 Å². The summed E-state index contributed by atoms with van der Waals surface area (Å²) in [4.78, 5) is 24.1. The molecule has 9 heteroatoms. The van der Waals surface area contributed by atoms with Crippen molar-refractivity contribution in [2.24, 2.45) is 23.3 Å². The third kappa shape index (κ3) is 2.79. The Kier molecular flexibility index (Phi) is 4.34. The molecule has 5 N–H and O–H groups in total. The van der Waals surface area contributed by atoms with Crippen LogP contribution >= 0.6 is 0 Å². The number of carboxylic acid groups (broad SMARTS) is 1. The van der Waals surface area contributed by atoms with Gasteiger partial charge in [-0.3, -0.25) is 4.79 Å². The van der Waals surface area contributed by atoms with Gasteiger partial charge < -0.3 is 21.1 Å². The number of rotatable bonds is 3. The average molecular weight is 435 g/mol. The standard InChI is InChI=1S/C22H24F3N3O3/c1-22(27)12-6-9(26)4-8(12)5-13(22)14-16(23)17(24)15-19(18(14)25)28(10-2-3-10)7-11(20(15)29)21(30)31/h7-10,12-13H,2-6,26-27H2,1H3,(H,30,31). The van der Waals surface area contributed by atoms with Gasteiger partial charge in [0.15, 0.2) is 17.5 Å². The van der Waals surface area contributed by atoms with Crippen LogP contribution in [0.1, 0.15) is 66.9 Å². The van der Waals surface area contributed by atoms with E-state index in [2.05, 4.69) is 0 Å². The van der Waals surface area contributed by atoms with Gasteiger partial charge in [0.1, 0.15) is 5.56 Å². The minimum atomic E-state index is -1.57. The number of carboxylic acids is 1. The number of halogens is 3. The normalized spacial score (nSPS) is 32.6. The summed E-state index contributed by atoms with van der Waals surface area (Å²) in [5, 5.41) is 8.48. The Hall–Kier alpha value is -2.39. The zero-order valence-electron chi connectivity index (χ0n) is 17.0. The highest BCUT2D eigenvalue weighted by atomic mass is 19.2. The summed E-state index contributed by atoms with van der Waals surface area (Å²) in [7, 11) is 0. The van der Waals surface area contributed by atoms with Gasteiger partial charge in [-0.05, 0) is 50.9 Å². The summed E-state index contributed by atoms with van der Waals surface area (Å²) < 4.78 is 47.8. The Bertz CT molecular complexity index is 1190. The van der Waals surface area contributed by atoms with Crippen LogP contribution in [0, 0.1) is 29.3 Å². The molecule has 6 nitrogen and oxygen atoms in total. The zero-order chi connectivity index (χ0) is 22.4. The molecule has 1 aromatic heterocycles. The summed E-state index contributed by atoms with van der Waals surface area (Å²) in [6.45, 7) is 1.73. The molecule has 1 aromatic carbocycles. The fourth-order valence-corrected chi connectivity index (χ4v) is 6.05. The minimum Gasteiger partial charge on any atom is -0.477 e. The lowest BCUT2D eigenvalue weighted by molar-refractivity contribution is 0.0694. The van der Waals surface area contributed by atoms with Crippen LogP contribution in [0.4, 0.5) is 13.2 Å². The van der Waals surface area contributed by atoms with Crippen molar-refractivity contribution in [1.29, 1.82) is 0 Å². The van der Waals surface area contributed by atoms with Crippen molar-refractivity contribution in [1.82, 2.24) is 4.57 Å². The van der Waals surface area contributed by atoms with Crippen LogP contribution in [0.15, 0.2) is 11.0 Å². The van der Waals surface area contributed by atoms with E-state index in [1.165, 1.54) is 4.57 Å². The quantitative estimate of drug-likeness (QED) is 0.642. The number of carbonyl (C=O) groups is 1. The molecule has 5 unspecified atom stereocenters. The molecule has 2 aromatic rings. The van der Waals surface area contributed by atoms with Gasteiger partial charge in [0, 0.05) is 35.3 Å². The highest BCUT2D eigenvalue weighted by Crippen LogP contribution is 2.56. The predicted molar refractivity (Wildman–Crippen MR) is 107 cm³/mol. The Morgan fingerprint density at radius 2 is 1.84 bits per heavy atom. The summed E-state index contributed by atoms with van der Waals surface area (Å²) in [6.07, 6.45) is 4.02. The van der Waals surface area contributed by atoms with Crippen molar-refractivity contribution < 1.29 is 23.1 Å². The van der Waals surface area contributed by atoms with Gasteiger partial charge in [-0.2, -0.15) is 0 Å². The molecule has 3 aliphatic carbocycles. The number of pyridine rings is 1. The highest BCUT2D eigenvalue weighted by Gasteiger charge is 2.55. The molecule has 31 heavy (non-hydrogen) atoms. The minimum absolute atomic E-state index is 0.0173. The molecule has 0 aliphatic heterocycles. The number of aromatic carboxylic acids is 1. The second kappa shape index (κ2) is 6.56. The van der Waals surface area contributed by atoms with Crippen molar-refractivity contribution >= 4 is 16.9 Å². The van der Waals surface area contributed by atoms with Crippen LogP contribution in [0.25, 0.3) is 10.9 Å². The van der Waals surface area contributed by atoms with E-state index < -0.39 is 56.8 Å². The molecule has 0 saturated heterocycles. The molecule has 166 valence electrons. The van der Waals surface area contributed by atoms with Crippen molar-refractivity contribution in [3.05, 3.63) is 45.0 Å². The molecule has 0 radical (unpaired) electrons. The molecule has 0 spiro atoms. The van der Waals surface area contributed by atoms with Crippen LogP contribution in [0.5, 0.6) is 0 Å². The van der Waals surface area contributed by atoms with Crippen molar-refractivity contribution in [3.63, 3.8) is 0 Å². The van der Waals surface area contributed by atoms with Gasteiger partial charge in [-0.1, -0.05) is 0 Å². The molecule has 3 fully saturated rings. The van der Waals surface area contributed by atoms with Crippen LogP contribution in [0.2, 0.25) is 0 Å². The second-order valence-corrected chi connectivity index (χ2v) is 9.65. The van der Waals surface area contributed by atoms with Gasteiger partial charge in [0.2, 0.25) is 5.43 Å². The fraction of sp³-hybridized carbons (Fsp3) is 0.545. The molecule has 1 heterocycles. The number of nitrogens with two attached hydrogens (primary N) is 2. The second-order valence-electron chi connectivity index (χ2n) is 9.65. The molecule has 0 bridgehead atoms. The molecule has 5 atom stereocenters. The third-order valence-corrected chi connectivity index (χ3v) is 7.67. The lowest BCUT2D eigenvalue weighted by Crippen LogP contribution is -2.46. The largest absolute Gasteiger partial charge is 0.477 e. The number of fused-ring (bicyclic) bond motifs is 2.